The van der Waals surface area contributed by atoms with E-state index in [4.69, 9.17) is 0 Å². The topological polar surface area (TPSA) is 51.3 Å². The molecule has 0 bridgehead atoms. The number of amides is 1. The zero-order valence-corrected chi connectivity index (χ0v) is 17.2. The van der Waals surface area contributed by atoms with E-state index >= 15 is 0 Å². The van der Waals surface area contributed by atoms with Gasteiger partial charge in [-0.3, -0.25) is 4.79 Å². The molecule has 0 aliphatic heterocycles. The van der Waals surface area contributed by atoms with Crippen LogP contribution in [0.1, 0.15) is 16.1 Å². The van der Waals surface area contributed by atoms with Gasteiger partial charge in [0.15, 0.2) is 17.3 Å². The van der Waals surface area contributed by atoms with Crippen LogP contribution in [-0.4, -0.2) is 20.1 Å². The molecule has 3 aromatic heterocycles. The number of halogens is 3. The molecule has 0 unspecified atom stereocenters. The van der Waals surface area contributed by atoms with E-state index < -0.39 is 17.5 Å². The van der Waals surface area contributed by atoms with Crippen LogP contribution in [-0.2, 0) is 6.54 Å². The first-order chi connectivity index (χ1) is 16.0. The molecule has 5 rings (SSSR count). The summed E-state index contributed by atoms with van der Waals surface area (Å²) in [4.78, 5) is 12.5. The van der Waals surface area contributed by atoms with Gasteiger partial charge in [0.2, 0.25) is 0 Å². The number of nitrogens with one attached hydrogen (secondary N) is 1. The number of benzene rings is 2. The maximum Gasteiger partial charge on any atom is 0.272 e. The lowest BCUT2D eigenvalue weighted by atomic mass is 10.1. The fourth-order valence-electron chi connectivity index (χ4n) is 3.58. The van der Waals surface area contributed by atoms with Crippen LogP contribution in [0.25, 0.3) is 22.5 Å². The summed E-state index contributed by atoms with van der Waals surface area (Å²) in [6.07, 6.45) is 3.58. The summed E-state index contributed by atoms with van der Waals surface area (Å²) in [6, 6.07) is 19.0. The monoisotopic (exact) mass is 446 g/mol. The van der Waals surface area contributed by atoms with E-state index in [0.717, 1.165) is 28.8 Å². The third kappa shape index (κ3) is 4.10. The number of aromatic nitrogens is 3. The normalized spacial score (nSPS) is 11.1. The van der Waals surface area contributed by atoms with Crippen LogP contribution < -0.4 is 5.32 Å². The second kappa shape index (κ2) is 8.31. The number of carbonyl (C=O) groups excluding carboxylic acids is 1. The van der Waals surface area contributed by atoms with Gasteiger partial charge in [0.1, 0.15) is 11.6 Å². The molecule has 5 aromatic rings. The maximum atomic E-state index is 13.3. The Morgan fingerprint density at radius 2 is 1.61 bits per heavy atom. The fraction of sp³-hybridized carbons (Fsp3) is 0.0400. The van der Waals surface area contributed by atoms with E-state index in [2.05, 4.69) is 10.4 Å². The molecule has 5 nitrogen and oxygen atoms in total. The van der Waals surface area contributed by atoms with Crippen LogP contribution >= 0.6 is 0 Å². The predicted molar refractivity (Wildman–Crippen MR) is 117 cm³/mol. The van der Waals surface area contributed by atoms with Crippen LogP contribution in [0, 0.1) is 17.5 Å². The molecule has 0 saturated heterocycles. The molecule has 3 heterocycles. The van der Waals surface area contributed by atoms with Crippen LogP contribution in [0.2, 0.25) is 0 Å². The van der Waals surface area contributed by atoms with Gasteiger partial charge in [-0.25, -0.2) is 17.9 Å². The molecule has 0 spiro atoms. The van der Waals surface area contributed by atoms with E-state index in [-0.39, 0.29) is 18.1 Å². The molecule has 0 saturated carbocycles. The molecule has 164 valence electrons. The highest BCUT2D eigenvalue weighted by Gasteiger charge is 2.13. The first-order valence-corrected chi connectivity index (χ1v) is 10.1. The van der Waals surface area contributed by atoms with Crippen LogP contribution in [0.3, 0.4) is 0 Å². The summed E-state index contributed by atoms with van der Waals surface area (Å²) >= 11 is 0. The predicted octanol–water partition coefficient (Wildman–Crippen LogP) is 5.14. The van der Waals surface area contributed by atoms with Crippen molar-refractivity contribution in [3.8, 4) is 16.9 Å². The summed E-state index contributed by atoms with van der Waals surface area (Å²) in [5.41, 5.74) is 3.32. The summed E-state index contributed by atoms with van der Waals surface area (Å²) in [7, 11) is 0. The maximum absolute atomic E-state index is 13.3. The summed E-state index contributed by atoms with van der Waals surface area (Å²) in [6.45, 7) is 0.0397. The highest BCUT2D eigenvalue weighted by molar-refractivity contribution is 5.92. The van der Waals surface area contributed by atoms with Crippen molar-refractivity contribution < 1.29 is 18.0 Å². The lowest BCUT2D eigenvalue weighted by molar-refractivity contribution is 0.0945. The summed E-state index contributed by atoms with van der Waals surface area (Å²) < 4.78 is 43.2. The molecule has 0 aliphatic rings. The Labute approximate surface area is 186 Å². The van der Waals surface area contributed by atoms with Gasteiger partial charge in [-0.2, -0.15) is 5.10 Å². The summed E-state index contributed by atoms with van der Waals surface area (Å²) in [5.74, 6) is -1.93. The SMILES string of the molecule is O=C(NCc1ccc(F)c(F)c1)c1ccn(-c2ccc3ccc(-c4ccc(F)cc4)cn23)n1. The highest BCUT2D eigenvalue weighted by Crippen LogP contribution is 2.23. The lowest BCUT2D eigenvalue weighted by Crippen LogP contribution is -2.23. The smallest absolute Gasteiger partial charge is 0.272 e. The molecular formula is C25H17F3N4O. The Hall–Kier alpha value is -4.33. The Bertz CT molecular complexity index is 1470. The number of fused-ring (bicyclic) bond motifs is 1. The standard InChI is InChI=1S/C25H17F3N4O/c26-19-5-2-17(3-6-19)18-4-7-20-8-10-24(31(20)15-18)32-12-11-23(30-32)25(33)29-14-16-1-9-21(27)22(28)13-16/h1-13,15H,14H2,(H,29,33). The second-order valence-corrected chi connectivity index (χ2v) is 7.49. The third-order valence-electron chi connectivity index (χ3n) is 5.30. The zero-order chi connectivity index (χ0) is 22.9. The largest absolute Gasteiger partial charge is 0.347 e. The Morgan fingerprint density at radius 3 is 2.39 bits per heavy atom. The minimum absolute atomic E-state index is 0.0397. The number of carbonyl (C=O) groups is 1. The van der Waals surface area contributed by atoms with Crippen molar-refractivity contribution in [2.75, 3.05) is 0 Å². The minimum Gasteiger partial charge on any atom is -0.347 e. The Morgan fingerprint density at radius 1 is 0.848 bits per heavy atom. The van der Waals surface area contributed by atoms with Crippen molar-refractivity contribution in [1.29, 1.82) is 0 Å². The second-order valence-electron chi connectivity index (χ2n) is 7.49. The van der Waals surface area contributed by atoms with Gasteiger partial charge < -0.3 is 9.72 Å². The van der Waals surface area contributed by atoms with Gasteiger partial charge in [-0.15, -0.1) is 0 Å². The molecule has 2 aromatic carbocycles. The van der Waals surface area contributed by atoms with Crippen molar-refractivity contribution >= 4 is 11.4 Å². The van der Waals surface area contributed by atoms with Gasteiger partial charge in [0.25, 0.3) is 5.91 Å². The van der Waals surface area contributed by atoms with Crippen molar-refractivity contribution in [3.05, 3.63) is 114 Å². The molecule has 0 fully saturated rings. The van der Waals surface area contributed by atoms with Crippen molar-refractivity contribution in [2.24, 2.45) is 0 Å². The Balaban J connectivity index is 1.38. The van der Waals surface area contributed by atoms with Gasteiger partial charge in [0.05, 0.1) is 0 Å². The molecule has 0 radical (unpaired) electrons. The number of hydrogen-bond donors (Lipinski definition) is 1. The number of nitrogens with zero attached hydrogens (tertiary/aromatic N) is 3. The van der Waals surface area contributed by atoms with Gasteiger partial charge in [-0.1, -0.05) is 24.3 Å². The third-order valence-corrected chi connectivity index (χ3v) is 5.30. The first kappa shape index (κ1) is 20.6. The number of rotatable bonds is 5. The van der Waals surface area contributed by atoms with Crippen LogP contribution in [0.4, 0.5) is 13.2 Å². The van der Waals surface area contributed by atoms with E-state index in [1.807, 2.05) is 34.9 Å². The quantitative estimate of drug-likeness (QED) is 0.407. The number of hydrogen-bond acceptors (Lipinski definition) is 2. The first-order valence-electron chi connectivity index (χ1n) is 10.1. The van der Waals surface area contributed by atoms with Crippen molar-refractivity contribution in [3.63, 3.8) is 0 Å². The minimum atomic E-state index is -0.967. The van der Waals surface area contributed by atoms with E-state index in [9.17, 15) is 18.0 Å². The zero-order valence-electron chi connectivity index (χ0n) is 17.2. The molecular weight excluding hydrogens is 429 g/mol. The van der Waals surface area contributed by atoms with Crippen molar-refractivity contribution in [1.82, 2.24) is 19.5 Å². The molecule has 1 amide bonds. The van der Waals surface area contributed by atoms with E-state index in [0.29, 0.717) is 11.4 Å². The molecule has 33 heavy (non-hydrogen) atoms. The van der Waals surface area contributed by atoms with E-state index in [1.54, 1.807) is 29.1 Å². The lowest BCUT2D eigenvalue weighted by Gasteiger charge is -2.07. The molecule has 8 heteroatoms. The van der Waals surface area contributed by atoms with E-state index in [1.165, 1.54) is 18.2 Å². The van der Waals surface area contributed by atoms with Crippen molar-refractivity contribution in [2.45, 2.75) is 6.54 Å². The van der Waals surface area contributed by atoms with Gasteiger partial charge in [0, 0.05) is 24.5 Å². The average molecular weight is 446 g/mol. The van der Waals surface area contributed by atoms with Crippen LogP contribution in [0.15, 0.2) is 85.2 Å². The average Bonchev–Trinajstić information content (AvgIpc) is 3.47. The molecule has 1 N–H and O–H groups in total. The molecule has 0 atom stereocenters. The fourth-order valence-corrected chi connectivity index (χ4v) is 3.58. The Kier molecular flexibility index (Phi) is 5.18. The molecule has 0 aliphatic carbocycles. The highest BCUT2D eigenvalue weighted by atomic mass is 19.2. The van der Waals surface area contributed by atoms with Gasteiger partial charge >= 0.3 is 0 Å². The number of pyridine rings is 1. The summed E-state index contributed by atoms with van der Waals surface area (Å²) in [5, 5.41) is 7.01. The van der Waals surface area contributed by atoms with Gasteiger partial charge in [-0.05, 0) is 65.2 Å². The van der Waals surface area contributed by atoms with Crippen LogP contribution in [0.5, 0.6) is 0 Å².